The van der Waals surface area contributed by atoms with Crippen LogP contribution in [0.3, 0.4) is 0 Å². The van der Waals surface area contributed by atoms with Crippen molar-refractivity contribution in [1.29, 1.82) is 0 Å². The second kappa shape index (κ2) is 11.5. The smallest absolute Gasteiger partial charge is 0.339 e. The highest BCUT2D eigenvalue weighted by Crippen LogP contribution is 2.38. The molecule has 8 nitrogen and oxygen atoms in total. The first kappa shape index (κ1) is 25.0. The third-order valence-electron chi connectivity index (χ3n) is 5.15. The van der Waals surface area contributed by atoms with Crippen molar-refractivity contribution >= 4 is 38.3 Å². The molecule has 0 unspecified atom stereocenters. The number of ether oxygens (including phenoxy) is 1. The average molecular weight is 538 g/mol. The van der Waals surface area contributed by atoms with Crippen LogP contribution in [0.15, 0.2) is 50.9 Å². The molecule has 1 saturated carbocycles. The van der Waals surface area contributed by atoms with E-state index in [1.54, 1.807) is 31.2 Å². The molecule has 0 radical (unpaired) electrons. The van der Waals surface area contributed by atoms with Gasteiger partial charge in [0, 0.05) is 6.04 Å². The van der Waals surface area contributed by atoms with Gasteiger partial charge in [-0.25, -0.2) is 10.2 Å². The molecule has 0 spiro atoms. The quantitative estimate of drug-likeness (QED) is 0.283. The predicted molar refractivity (Wildman–Crippen MR) is 130 cm³/mol. The molecule has 0 aromatic heterocycles. The van der Waals surface area contributed by atoms with Crippen LogP contribution in [-0.4, -0.2) is 33.3 Å². The highest BCUT2D eigenvalue weighted by molar-refractivity contribution is 9.10. The summed E-state index contributed by atoms with van der Waals surface area (Å²) in [4.78, 5) is 12.1. The average Bonchev–Trinajstić information content (AvgIpc) is 2.77. The van der Waals surface area contributed by atoms with E-state index in [0.717, 1.165) is 31.2 Å². The summed E-state index contributed by atoms with van der Waals surface area (Å²) < 4.78 is 36.9. The van der Waals surface area contributed by atoms with E-state index >= 15 is 0 Å². The number of carbonyl (C=O) groups is 1. The lowest BCUT2D eigenvalue weighted by molar-refractivity contribution is 0.233. The van der Waals surface area contributed by atoms with E-state index < -0.39 is 10.1 Å². The molecule has 0 saturated heterocycles. The largest absolute Gasteiger partial charge is 0.490 e. The summed E-state index contributed by atoms with van der Waals surface area (Å²) in [5, 5.41) is 6.90. The predicted octanol–water partition coefficient (Wildman–Crippen LogP) is 4.89. The van der Waals surface area contributed by atoms with Gasteiger partial charge in [0.2, 0.25) is 0 Å². The van der Waals surface area contributed by atoms with E-state index in [9.17, 15) is 13.2 Å². The van der Waals surface area contributed by atoms with Crippen molar-refractivity contribution in [3.05, 3.63) is 52.0 Å². The molecule has 2 amide bonds. The maximum Gasteiger partial charge on any atom is 0.339 e. The molecule has 178 valence electrons. The molecule has 0 aliphatic heterocycles. The van der Waals surface area contributed by atoms with Gasteiger partial charge in [-0.15, -0.1) is 0 Å². The van der Waals surface area contributed by atoms with Crippen LogP contribution in [0.4, 0.5) is 4.79 Å². The van der Waals surface area contributed by atoms with Crippen LogP contribution in [0.25, 0.3) is 0 Å². The summed E-state index contributed by atoms with van der Waals surface area (Å²) >= 11 is 3.36. The van der Waals surface area contributed by atoms with Crippen molar-refractivity contribution in [1.82, 2.24) is 10.7 Å². The highest BCUT2D eigenvalue weighted by Gasteiger charge is 2.22. The summed E-state index contributed by atoms with van der Waals surface area (Å²) in [5.74, 6) is 0.272. The molecule has 2 aromatic carbocycles. The number of carbonyl (C=O) groups excluding carboxylic acids is 1. The van der Waals surface area contributed by atoms with Crippen LogP contribution in [0.5, 0.6) is 11.5 Å². The molecular formula is C23H28BrN3O5S. The Morgan fingerprint density at radius 3 is 2.55 bits per heavy atom. The number of amides is 2. The lowest BCUT2D eigenvalue weighted by Gasteiger charge is -2.22. The van der Waals surface area contributed by atoms with Crippen molar-refractivity contribution in [3.63, 3.8) is 0 Å². The van der Waals surface area contributed by atoms with Crippen molar-refractivity contribution < 1.29 is 22.1 Å². The van der Waals surface area contributed by atoms with E-state index in [4.69, 9.17) is 8.92 Å². The van der Waals surface area contributed by atoms with Gasteiger partial charge in [-0.05, 0) is 72.4 Å². The number of nitrogens with one attached hydrogen (secondary N) is 2. The minimum Gasteiger partial charge on any atom is -0.490 e. The topological polar surface area (TPSA) is 106 Å². The van der Waals surface area contributed by atoms with E-state index in [1.807, 2.05) is 6.92 Å². The van der Waals surface area contributed by atoms with Gasteiger partial charge >= 0.3 is 16.1 Å². The second-order valence-corrected chi connectivity index (χ2v) is 10.2. The van der Waals surface area contributed by atoms with Gasteiger partial charge in [-0.3, -0.25) is 0 Å². The molecule has 1 aliphatic rings. The van der Waals surface area contributed by atoms with Crippen LogP contribution in [0.1, 0.15) is 50.2 Å². The molecule has 0 atom stereocenters. The Kier molecular flexibility index (Phi) is 8.74. The van der Waals surface area contributed by atoms with Gasteiger partial charge in [0.25, 0.3) is 0 Å². The zero-order valence-electron chi connectivity index (χ0n) is 18.6. The number of hydrogen-bond acceptors (Lipinski definition) is 6. The maximum absolute atomic E-state index is 12.7. The standard InChI is InChI=1S/C23H28BrN3O5S/c1-3-31-21-14-17(15-25-27-23(28)26-18-7-5-4-6-8-18)13-20(24)22(21)32-33(29,30)19-11-9-16(2)10-12-19/h9-15,18H,3-8H2,1-2H3,(H2,26,27,28)/b25-15-. The zero-order valence-corrected chi connectivity index (χ0v) is 21.0. The first-order valence-electron chi connectivity index (χ1n) is 10.9. The van der Waals surface area contributed by atoms with Gasteiger partial charge in [-0.2, -0.15) is 13.5 Å². The van der Waals surface area contributed by atoms with Crippen LogP contribution in [-0.2, 0) is 10.1 Å². The third-order valence-corrected chi connectivity index (χ3v) is 6.98. The van der Waals surface area contributed by atoms with E-state index in [0.29, 0.717) is 16.6 Å². The number of rotatable bonds is 8. The number of benzene rings is 2. The Balaban J connectivity index is 1.72. The fraction of sp³-hybridized carbons (Fsp3) is 0.391. The molecule has 0 bridgehead atoms. The number of halogens is 1. The molecule has 2 aromatic rings. The Morgan fingerprint density at radius 1 is 1.18 bits per heavy atom. The molecule has 1 aliphatic carbocycles. The summed E-state index contributed by atoms with van der Waals surface area (Å²) in [6.45, 7) is 3.95. The lowest BCUT2D eigenvalue weighted by atomic mass is 9.96. The monoisotopic (exact) mass is 537 g/mol. The van der Waals surface area contributed by atoms with Gasteiger partial charge in [-0.1, -0.05) is 37.0 Å². The molecule has 10 heteroatoms. The van der Waals surface area contributed by atoms with E-state index in [-0.39, 0.29) is 28.5 Å². The van der Waals surface area contributed by atoms with E-state index in [1.165, 1.54) is 24.8 Å². The Morgan fingerprint density at radius 2 is 1.88 bits per heavy atom. The molecule has 0 heterocycles. The molecular weight excluding hydrogens is 510 g/mol. The Labute approximate surface area is 203 Å². The zero-order chi connectivity index (χ0) is 23.8. The minimum atomic E-state index is -4.06. The Hall–Kier alpha value is -2.59. The first-order valence-corrected chi connectivity index (χ1v) is 13.1. The van der Waals surface area contributed by atoms with Crippen LogP contribution >= 0.6 is 15.9 Å². The van der Waals surface area contributed by atoms with Crippen molar-refractivity contribution in [2.24, 2.45) is 5.10 Å². The van der Waals surface area contributed by atoms with Gasteiger partial charge in [0.15, 0.2) is 11.5 Å². The van der Waals surface area contributed by atoms with Gasteiger partial charge < -0.3 is 14.2 Å². The number of hydrogen-bond donors (Lipinski definition) is 2. The fourth-order valence-electron chi connectivity index (χ4n) is 3.50. The number of aryl methyl sites for hydroxylation is 1. The summed E-state index contributed by atoms with van der Waals surface area (Å²) in [6.07, 6.45) is 6.86. The van der Waals surface area contributed by atoms with Crippen LogP contribution in [0, 0.1) is 6.92 Å². The molecule has 33 heavy (non-hydrogen) atoms. The van der Waals surface area contributed by atoms with Gasteiger partial charge in [0.05, 0.1) is 17.3 Å². The summed E-state index contributed by atoms with van der Waals surface area (Å²) in [7, 11) is -4.06. The van der Waals surface area contributed by atoms with Crippen LogP contribution < -0.4 is 19.7 Å². The number of hydrazone groups is 1. The number of urea groups is 1. The summed E-state index contributed by atoms with van der Waals surface area (Å²) in [6, 6.07) is 9.43. The minimum absolute atomic E-state index is 0.0394. The van der Waals surface area contributed by atoms with Gasteiger partial charge in [0.1, 0.15) is 4.90 Å². The van der Waals surface area contributed by atoms with Crippen molar-refractivity contribution in [2.75, 3.05) is 6.61 Å². The molecule has 3 rings (SSSR count). The normalized spacial score (nSPS) is 14.8. The molecule has 1 fully saturated rings. The number of nitrogens with zero attached hydrogens (tertiary/aromatic N) is 1. The van der Waals surface area contributed by atoms with E-state index in [2.05, 4.69) is 31.8 Å². The SMILES string of the molecule is CCOc1cc(/C=N\NC(=O)NC2CCCCC2)cc(Br)c1OS(=O)(=O)c1ccc(C)cc1. The van der Waals surface area contributed by atoms with Crippen LogP contribution in [0.2, 0.25) is 0 Å². The maximum atomic E-state index is 12.7. The summed E-state index contributed by atoms with van der Waals surface area (Å²) in [5.41, 5.74) is 3.99. The van der Waals surface area contributed by atoms with Crippen molar-refractivity contribution in [3.8, 4) is 11.5 Å². The Bertz CT molecular complexity index is 1100. The first-order chi connectivity index (χ1) is 15.8. The lowest BCUT2D eigenvalue weighted by Crippen LogP contribution is -2.41. The third kappa shape index (κ3) is 7.20. The highest BCUT2D eigenvalue weighted by atomic mass is 79.9. The molecule has 2 N–H and O–H groups in total. The fourth-order valence-corrected chi connectivity index (χ4v) is 5.10. The second-order valence-electron chi connectivity index (χ2n) is 7.79. The van der Waals surface area contributed by atoms with Crippen molar-refractivity contribution in [2.45, 2.75) is 56.9 Å².